The Morgan fingerprint density at radius 3 is 2.42 bits per heavy atom. The number of phosphoric ester groups is 2. The van der Waals surface area contributed by atoms with Crippen LogP contribution in [0.15, 0.2) is 71.8 Å². The predicted molar refractivity (Wildman–Crippen MR) is 168 cm³/mol. The summed E-state index contributed by atoms with van der Waals surface area (Å²) in [5, 5.41) is 23.9. The zero-order valence-electron chi connectivity index (χ0n) is 25.1. The van der Waals surface area contributed by atoms with Gasteiger partial charge in [0.25, 0.3) is 5.56 Å². The molecule has 1 saturated heterocycles. The maximum atomic E-state index is 12.7. The Labute approximate surface area is 272 Å². The number of aliphatic hydroxyl groups excluding tert-OH is 2. The van der Waals surface area contributed by atoms with Crippen LogP contribution in [0.5, 0.6) is 0 Å². The molecule has 0 radical (unpaired) electrons. The number of hydrogen-bond donors (Lipinski definition) is 7. The summed E-state index contributed by atoms with van der Waals surface area (Å²) < 4.78 is 45.3. The molecule has 1 aliphatic heterocycles. The summed E-state index contributed by atoms with van der Waals surface area (Å²) in [5.41, 5.74) is 6.64. The standard InChI is InChI=1S/C28H34N6O12P2/c29-28-32-25-22(26(38)33-28)30-16-34(25)27-24(37)23(36)20(45-27)15-44-48(41,42)46-47(39,40)43-13-7-12-21(35)31-19(18-10-5-2-6-11-18)14-17-8-3-1-4-9-17/h1-6,8-11,16,19-20,23-24,27,36-37H,7,12-15H2,(H,31,35)(H,39,40)(H,41,42)(H3,29,32,33,38)/t19?,20-,23-,24-,27-/m1/s1. The van der Waals surface area contributed by atoms with E-state index in [0.717, 1.165) is 22.0 Å². The lowest BCUT2D eigenvalue weighted by Gasteiger charge is -2.20. The number of carbonyl (C=O) groups is 1. The molecule has 1 amide bonds. The molecule has 7 atom stereocenters. The van der Waals surface area contributed by atoms with E-state index in [1.54, 1.807) is 0 Å². The largest absolute Gasteiger partial charge is 0.481 e. The van der Waals surface area contributed by atoms with Crippen LogP contribution in [-0.4, -0.2) is 77.0 Å². The van der Waals surface area contributed by atoms with Gasteiger partial charge in [-0.25, -0.2) is 14.1 Å². The van der Waals surface area contributed by atoms with Crippen LogP contribution in [0, 0.1) is 0 Å². The number of aromatic amines is 1. The van der Waals surface area contributed by atoms with E-state index in [-0.39, 0.29) is 41.9 Å². The molecule has 1 fully saturated rings. The van der Waals surface area contributed by atoms with Crippen LogP contribution in [0.2, 0.25) is 0 Å². The van der Waals surface area contributed by atoms with Crippen molar-refractivity contribution in [2.75, 3.05) is 18.9 Å². The second-order valence-corrected chi connectivity index (χ2v) is 13.8. The van der Waals surface area contributed by atoms with Gasteiger partial charge < -0.3 is 35.8 Å². The minimum absolute atomic E-state index is 0.0279. The molecule has 4 aromatic rings. The molecule has 20 heteroatoms. The number of H-pyrrole nitrogens is 1. The number of nitrogens with two attached hydrogens (primary N) is 1. The summed E-state index contributed by atoms with van der Waals surface area (Å²) in [6.07, 6.45) is -4.58. The average molecular weight is 709 g/mol. The number of aromatic nitrogens is 4. The van der Waals surface area contributed by atoms with Crippen molar-refractivity contribution in [1.82, 2.24) is 24.8 Å². The Morgan fingerprint density at radius 2 is 1.71 bits per heavy atom. The fourth-order valence-electron chi connectivity index (χ4n) is 5.04. The van der Waals surface area contributed by atoms with Crippen molar-refractivity contribution in [3.63, 3.8) is 0 Å². The first kappa shape index (κ1) is 35.5. The third-order valence-corrected chi connectivity index (χ3v) is 9.93. The number of amides is 1. The van der Waals surface area contributed by atoms with E-state index in [0.29, 0.717) is 6.42 Å². The first-order valence-electron chi connectivity index (χ1n) is 14.6. The zero-order chi connectivity index (χ0) is 34.5. The predicted octanol–water partition coefficient (Wildman–Crippen LogP) is 1.45. The van der Waals surface area contributed by atoms with E-state index in [1.165, 1.54) is 0 Å². The Hall–Kier alpha value is -3.80. The van der Waals surface area contributed by atoms with Gasteiger partial charge in [0.05, 0.1) is 25.6 Å². The first-order chi connectivity index (χ1) is 22.8. The second kappa shape index (κ2) is 15.2. The van der Waals surface area contributed by atoms with Gasteiger partial charge in [0.1, 0.15) is 18.3 Å². The number of ether oxygens (including phenoxy) is 1. The van der Waals surface area contributed by atoms with E-state index in [4.69, 9.17) is 19.5 Å². The second-order valence-electron chi connectivity index (χ2n) is 10.8. The van der Waals surface area contributed by atoms with Crippen molar-refractivity contribution < 1.29 is 52.0 Å². The molecule has 48 heavy (non-hydrogen) atoms. The molecule has 2 aromatic heterocycles. The van der Waals surface area contributed by atoms with Crippen LogP contribution in [0.4, 0.5) is 5.95 Å². The summed E-state index contributed by atoms with van der Waals surface area (Å²) >= 11 is 0. The van der Waals surface area contributed by atoms with Crippen molar-refractivity contribution in [1.29, 1.82) is 0 Å². The lowest BCUT2D eigenvalue weighted by molar-refractivity contribution is -0.122. The Morgan fingerprint density at radius 1 is 1.04 bits per heavy atom. The molecule has 5 rings (SSSR count). The maximum Gasteiger partial charge on any atom is 0.481 e. The molecule has 258 valence electrons. The number of fused-ring (bicyclic) bond motifs is 1. The lowest BCUT2D eigenvalue weighted by atomic mass is 9.98. The van der Waals surface area contributed by atoms with Crippen molar-refractivity contribution in [3.05, 3.63) is 88.5 Å². The van der Waals surface area contributed by atoms with Crippen LogP contribution in [0.3, 0.4) is 0 Å². The summed E-state index contributed by atoms with van der Waals surface area (Å²) in [4.78, 5) is 54.9. The fourth-order valence-corrected chi connectivity index (χ4v) is 7.15. The molecule has 3 unspecified atom stereocenters. The number of nitrogens with zero attached hydrogens (tertiary/aromatic N) is 3. The SMILES string of the molecule is Nc1nc2c(ncn2[C@@H]2O[C@H](COP(=O)(O)OP(=O)(O)OCCCC(=O)NC(Cc3ccccc3)c3ccccc3)[C@@H](O)[C@H]2O)c(=O)[nH]1. The first-order valence-corrected chi connectivity index (χ1v) is 17.6. The summed E-state index contributed by atoms with van der Waals surface area (Å²) in [7, 11) is -10.4. The van der Waals surface area contributed by atoms with Crippen LogP contribution in [-0.2, 0) is 38.4 Å². The number of carbonyl (C=O) groups excluding carboxylic acids is 1. The zero-order valence-corrected chi connectivity index (χ0v) is 26.9. The minimum atomic E-state index is -5.28. The van der Waals surface area contributed by atoms with Gasteiger partial charge in [-0.15, -0.1) is 0 Å². The third-order valence-electron chi connectivity index (χ3n) is 7.29. The van der Waals surface area contributed by atoms with Crippen molar-refractivity contribution in [2.45, 2.75) is 49.8 Å². The molecule has 0 bridgehead atoms. The highest BCUT2D eigenvalue weighted by Gasteiger charge is 2.46. The monoisotopic (exact) mass is 708 g/mol. The molecule has 18 nitrogen and oxygen atoms in total. The van der Waals surface area contributed by atoms with Crippen LogP contribution in [0.25, 0.3) is 11.2 Å². The highest BCUT2D eigenvalue weighted by molar-refractivity contribution is 7.61. The quantitative estimate of drug-likeness (QED) is 0.0680. The number of nitrogen functional groups attached to an aromatic ring is 1. The van der Waals surface area contributed by atoms with E-state index in [9.17, 15) is 38.7 Å². The molecular formula is C28H34N6O12P2. The summed E-state index contributed by atoms with van der Waals surface area (Å²) in [6.45, 7) is -1.36. The van der Waals surface area contributed by atoms with Crippen LogP contribution in [0.1, 0.15) is 36.2 Å². The number of phosphoric acid groups is 2. The van der Waals surface area contributed by atoms with Gasteiger partial charge in [-0.2, -0.15) is 9.29 Å². The number of imidazole rings is 1. The molecule has 1 aliphatic rings. The molecule has 0 spiro atoms. The van der Waals surface area contributed by atoms with Gasteiger partial charge in [0, 0.05) is 6.42 Å². The Balaban J connectivity index is 1.09. The minimum Gasteiger partial charge on any atom is -0.387 e. The number of nitrogens with one attached hydrogen (secondary N) is 2. The van der Waals surface area contributed by atoms with Crippen molar-refractivity contribution in [2.24, 2.45) is 0 Å². The Kier molecular flexibility index (Phi) is 11.2. The van der Waals surface area contributed by atoms with Gasteiger partial charge in [-0.1, -0.05) is 60.7 Å². The van der Waals surface area contributed by atoms with Gasteiger partial charge in [-0.05, 0) is 24.0 Å². The molecular weight excluding hydrogens is 674 g/mol. The van der Waals surface area contributed by atoms with E-state index < -0.39 is 59.0 Å². The average Bonchev–Trinajstić information content (AvgIpc) is 3.58. The number of hydrogen-bond acceptors (Lipinski definition) is 13. The van der Waals surface area contributed by atoms with Gasteiger partial charge >= 0.3 is 15.6 Å². The van der Waals surface area contributed by atoms with Gasteiger partial charge in [0.2, 0.25) is 11.9 Å². The Bertz CT molecular complexity index is 1860. The molecule has 0 saturated carbocycles. The summed E-state index contributed by atoms with van der Waals surface area (Å²) in [5.74, 6) is -0.589. The number of rotatable bonds is 15. The topological polar surface area (TPSA) is 271 Å². The molecule has 2 aromatic carbocycles. The third kappa shape index (κ3) is 9.00. The van der Waals surface area contributed by atoms with Gasteiger partial charge in [-0.3, -0.25) is 28.2 Å². The van der Waals surface area contributed by atoms with E-state index in [2.05, 4.69) is 24.6 Å². The number of anilines is 1. The van der Waals surface area contributed by atoms with E-state index in [1.807, 2.05) is 60.7 Å². The molecule has 3 heterocycles. The van der Waals surface area contributed by atoms with E-state index >= 15 is 0 Å². The number of benzene rings is 2. The van der Waals surface area contributed by atoms with Crippen LogP contribution >= 0.6 is 15.6 Å². The molecule has 8 N–H and O–H groups in total. The maximum absolute atomic E-state index is 12.7. The number of aliphatic hydroxyl groups is 2. The fraction of sp³-hybridized carbons (Fsp3) is 0.357. The van der Waals surface area contributed by atoms with Crippen LogP contribution < -0.4 is 16.6 Å². The smallest absolute Gasteiger partial charge is 0.387 e. The normalized spacial score (nSPS) is 22.6. The lowest BCUT2D eigenvalue weighted by Crippen LogP contribution is -2.33. The molecule has 0 aliphatic carbocycles. The van der Waals surface area contributed by atoms with Crippen molar-refractivity contribution in [3.8, 4) is 0 Å². The summed E-state index contributed by atoms with van der Waals surface area (Å²) in [6, 6.07) is 18.6. The highest BCUT2D eigenvalue weighted by atomic mass is 31.3. The van der Waals surface area contributed by atoms with Gasteiger partial charge in [0.15, 0.2) is 17.4 Å². The van der Waals surface area contributed by atoms with Crippen molar-refractivity contribution >= 4 is 38.7 Å². The highest BCUT2D eigenvalue weighted by Crippen LogP contribution is 2.60.